The first-order valence-electron chi connectivity index (χ1n) is 5.66. The van der Waals surface area contributed by atoms with E-state index in [0.717, 1.165) is 4.47 Å². The number of benzene rings is 1. The highest BCUT2D eigenvalue weighted by molar-refractivity contribution is 9.10. The first kappa shape index (κ1) is 14.9. The van der Waals surface area contributed by atoms with Gasteiger partial charge in [0.25, 0.3) is 0 Å². The lowest BCUT2D eigenvalue weighted by Gasteiger charge is -2.27. The van der Waals surface area contributed by atoms with Crippen LogP contribution in [0.15, 0.2) is 22.7 Å². The van der Waals surface area contributed by atoms with Crippen LogP contribution in [0.4, 0.5) is 4.39 Å². The van der Waals surface area contributed by atoms with Crippen molar-refractivity contribution in [3.8, 4) is 0 Å². The van der Waals surface area contributed by atoms with Gasteiger partial charge in [-0.1, -0.05) is 48.9 Å². The van der Waals surface area contributed by atoms with Gasteiger partial charge in [0.05, 0.1) is 15.4 Å². The lowest BCUT2D eigenvalue weighted by molar-refractivity contribution is 0.0981. The van der Waals surface area contributed by atoms with Crippen LogP contribution in [-0.2, 0) is 11.3 Å². The standard InChI is InChI=1S/C13H19BrFOSi/c1-13(2,17(3)4)9-16-8-10-11(14)6-5-7-12(10)15/h5-7H,8-9H2,1-4H3. The summed E-state index contributed by atoms with van der Waals surface area (Å²) in [5.74, 6) is -0.212. The Bertz CT molecular complexity index is 359. The Balaban J connectivity index is 2.57. The molecule has 17 heavy (non-hydrogen) atoms. The van der Waals surface area contributed by atoms with Gasteiger partial charge >= 0.3 is 0 Å². The minimum Gasteiger partial charge on any atom is -0.376 e. The highest BCUT2D eigenvalue weighted by atomic mass is 79.9. The van der Waals surface area contributed by atoms with E-state index in [2.05, 4.69) is 42.9 Å². The summed E-state index contributed by atoms with van der Waals surface area (Å²) in [6.45, 7) is 9.95. The Morgan fingerprint density at radius 2 is 2.00 bits per heavy atom. The van der Waals surface area contributed by atoms with Gasteiger partial charge in [0.1, 0.15) is 5.82 Å². The monoisotopic (exact) mass is 317 g/mol. The summed E-state index contributed by atoms with van der Waals surface area (Å²) >= 11 is 3.34. The summed E-state index contributed by atoms with van der Waals surface area (Å²) in [5.41, 5.74) is 0.601. The van der Waals surface area contributed by atoms with E-state index in [9.17, 15) is 4.39 Å². The first-order chi connectivity index (χ1) is 7.84. The second kappa shape index (κ2) is 6.11. The highest BCUT2D eigenvalue weighted by Gasteiger charge is 2.24. The van der Waals surface area contributed by atoms with Crippen molar-refractivity contribution in [2.45, 2.75) is 38.6 Å². The molecule has 1 aromatic carbocycles. The van der Waals surface area contributed by atoms with Crippen molar-refractivity contribution in [1.29, 1.82) is 0 Å². The Kier molecular flexibility index (Phi) is 5.35. The third-order valence-electron chi connectivity index (χ3n) is 3.12. The molecule has 0 aliphatic carbocycles. The van der Waals surface area contributed by atoms with Crippen LogP contribution >= 0.6 is 15.9 Å². The molecule has 0 aromatic heterocycles. The molecule has 0 aliphatic rings. The molecule has 0 saturated carbocycles. The van der Waals surface area contributed by atoms with Gasteiger partial charge in [-0.2, -0.15) is 0 Å². The molecule has 0 N–H and O–H groups in total. The smallest absolute Gasteiger partial charge is 0.129 e. The van der Waals surface area contributed by atoms with Crippen molar-refractivity contribution in [3.63, 3.8) is 0 Å². The average Bonchev–Trinajstić information content (AvgIpc) is 2.22. The second-order valence-electron chi connectivity index (χ2n) is 5.08. The zero-order valence-electron chi connectivity index (χ0n) is 10.8. The molecule has 0 fully saturated rings. The SMILES string of the molecule is C[Si](C)C(C)(C)COCc1c(F)cccc1Br. The van der Waals surface area contributed by atoms with Gasteiger partial charge in [-0.05, 0) is 17.2 Å². The second-order valence-corrected chi connectivity index (χ2v) is 9.28. The third kappa shape index (κ3) is 4.19. The first-order valence-corrected chi connectivity index (χ1v) is 8.95. The van der Waals surface area contributed by atoms with E-state index < -0.39 is 8.80 Å². The Labute approximate surface area is 113 Å². The molecule has 0 unspecified atom stereocenters. The van der Waals surface area contributed by atoms with Gasteiger partial charge in [0.15, 0.2) is 0 Å². The molecule has 4 heteroatoms. The number of hydrogen-bond donors (Lipinski definition) is 0. The fourth-order valence-electron chi connectivity index (χ4n) is 1.22. The quantitative estimate of drug-likeness (QED) is 0.719. The fourth-order valence-corrected chi connectivity index (χ4v) is 2.07. The minimum atomic E-state index is -0.415. The lowest BCUT2D eigenvalue weighted by atomic mass is 10.2. The van der Waals surface area contributed by atoms with Crippen LogP contribution in [0.25, 0.3) is 0 Å². The zero-order valence-corrected chi connectivity index (χ0v) is 13.4. The summed E-state index contributed by atoms with van der Waals surface area (Å²) < 4.78 is 20.0. The predicted molar refractivity (Wildman–Crippen MR) is 75.3 cm³/mol. The van der Waals surface area contributed by atoms with E-state index in [1.807, 2.05) is 6.07 Å². The number of halogens is 2. The summed E-state index contributed by atoms with van der Waals surface area (Å²) in [6, 6.07) is 4.98. The maximum Gasteiger partial charge on any atom is 0.129 e. The molecular weight excluding hydrogens is 299 g/mol. The summed E-state index contributed by atoms with van der Waals surface area (Å²) in [6.07, 6.45) is 0. The van der Waals surface area contributed by atoms with Crippen LogP contribution in [0, 0.1) is 5.82 Å². The fraction of sp³-hybridized carbons (Fsp3) is 0.538. The summed E-state index contributed by atoms with van der Waals surface area (Å²) in [4.78, 5) is 0. The van der Waals surface area contributed by atoms with Crippen LogP contribution in [0.3, 0.4) is 0 Å². The van der Waals surface area contributed by atoms with Crippen LogP contribution < -0.4 is 0 Å². The van der Waals surface area contributed by atoms with Crippen LogP contribution in [-0.4, -0.2) is 15.4 Å². The van der Waals surface area contributed by atoms with Crippen molar-refractivity contribution >= 4 is 24.7 Å². The van der Waals surface area contributed by atoms with E-state index in [0.29, 0.717) is 18.8 Å². The third-order valence-corrected chi connectivity index (χ3v) is 6.72. The molecule has 0 spiro atoms. The van der Waals surface area contributed by atoms with Gasteiger partial charge in [-0.15, -0.1) is 0 Å². The molecule has 0 amide bonds. The Morgan fingerprint density at radius 1 is 1.35 bits per heavy atom. The van der Waals surface area contributed by atoms with E-state index in [1.54, 1.807) is 6.07 Å². The molecule has 0 heterocycles. The Hall–Kier alpha value is -0.193. The topological polar surface area (TPSA) is 9.23 Å². The van der Waals surface area contributed by atoms with Gasteiger partial charge < -0.3 is 4.74 Å². The van der Waals surface area contributed by atoms with Gasteiger partial charge in [0, 0.05) is 16.6 Å². The van der Waals surface area contributed by atoms with E-state index in [4.69, 9.17) is 4.74 Å². The molecule has 95 valence electrons. The minimum absolute atomic E-state index is 0.211. The van der Waals surface area contributed by atoms with Crippen molar-refractivity contribution in [2.24, 2.45) is 0 Å². The molecule has 1 rings (SSSR count). The van der Waals surface area contributed by atoms with Crippen LogP contribution in [0.1, 0.15) is 19.4 Å². The van der Waals surface area contributed by atoms with Gasteiger partial charge in [-0.3, -0.25) is 0 Å². The van der Waals surface area contributed by atoms with E-state index in [1.165, 1.54) is 6.07 Å². The molecule has 1 aromatic rings. The maximum atomic E-state index is 13.5. The zero-order chi connectivity index (χ0) is 13.1. The van der Waals surface area contributed by atoms with Gasteiger partial charge in [0.2, 0.25) is 0 Å². The molecule has 0 aliphatic heterocycles. The molecule has 1 radical (unpaired) electrons. The highest BCUT2D eigenvalue weighted by Crippen LogP contribution is 2.29. The average molecular weight is 318 g/mol. The number of rotatable bonds is 5. The predicted octanol–water partition coefficient (Wildman–Crippen LogP) is 4.64. The van der Waals surface area contributed by atoms with Crippen molar-refractivity contribution in [3.05, 3.63) is 34.1 Å². The van der Waals surface area contributed by atoms with Crippen molar-refractivity contribution < 1.29 is 9.13 Å². The maximum absolute atomic E-state index is 13.5. The van der Waals surface area contributed by atoms with Gasteiger partial charge in [-0.25, -0.2) is 4.39 Å². The Morgan fingerprint density at radius 3 is 2.53 bits per heavy atom. The normalized spacial score (nSPS) is 12.2. The molecule has 0 saturated heterocycles. The van der Waals surface area contributed by atoms with Crippen LogP contribution in [0.5, 0.6) is 0 Å². The van der Waals surface area contributed by atoms with Crippen molar-refractivity contribution in [2.75, 3.05) is 6.61 Å². The molecule has 0 bridgehead atoms. The summed E-state index contributed by atoms with van der Waals surface area (Å²) in [5, 5.41) is 0.211. The summed E-state index contributed by atoms with van der Waals surface area (Å²) in [7, 11) is -0.415. The van der Waals surface area contributed by atoms with E-state index >= 15 is 0 Å². The number of hydrogen-bond acceptors (Lipinski definition) is 1. The molecule has 0 atom stereocenters. The number of ether oxygens (including phenoxy) is 1. The molecule has 1 nitrogen and oxygen atoms in total. The van der Waals surface area contributed by atoms with E-state index in [-0.39, 0.29) is 10.9 Å². The lowest BCUT2D eigenvalue weighted by Crippen LogP contribution is -2.26. The van der Waals surface area contributed by atoms with Crippen molar-refractivity contribution in [1.82, 2.24) is 0 Å². The molecular formula is C13H19BrFOSi. The largest absolute Gasteiger partial charge is 0.376 e. The van der Waals surface area contributed by atoms with Crippen LogP contribution in [0.2, 0.25) is 18.1 Å².